The van der Waals surface area contributed by atoms with Gasteiger partial charge in [-0.2, -0.15) is 4.31 Å². The van der Waals surface area contributed by atoms with Crippen LogP contribution in [0.15, 0.2) is 60.0 Å². The van der Waals surface area contributed by atoms with Gasteiger partial charge in [-0.25, -0.2) is 30.8 Å². The minimum atomic E-state index is -3.75. The van der Waals surface area contributed by atoms with Crippen molar-refractivity contribution in [3.8, 4) is 0 Å². The number of aromatic nitrogens is 1. The zero-order valence-corrected chi connectivity index (χ0v) is 29.8. The molecule has 2 fully saturated rings. The first-order chi connectivity index (χ1) is 24.5. The number of nitrogens with one attached hydrogen (secondary N) is 1. The van der Waals surface area contributed by atoms with Crippen LogP contribution in [0.4, 0.5) is 28.0 Å². The van der Waals surface area contributed by atoms with Gasteiger partial charge in [-0.1, -0.05) is 17.2 Å². The number of hydrogen-bond acceptors (Lipinski definition) is 7. The van der Waals surface area contributed by atoms with Crippen molar-refractivity contribution in [2.75, 3.05) is 18.4 Å². The van der Waals surface area contributed by atoms with Crippen molar-refractivity contribution in [3.05, 3.63) is 105 Å². The Kier molecular flexibility index (Phi) is 11.5. The molecule has 12 nitrogen and oxygen atoms in total. The molecule has 3 aromatic rings. The van der Waals surface area contributed by atoms with Crippen LogP contribution in [0.5, 0.6) is 0 Å². The average Bonchev–Trinajstić information content (AvgIpc) is 3.90. The minimum absolute atomic E-state index is 0.0257. The Bertz CT molecular complexity index is 1950. The number of hydrogen-bond donors (Lipinski definition) is 1. The van der Waals surface area contributed by atoms with Gasteiger partial charge in [0.15, 0.2) is 0 Å². The lowest BCUT2D eigenvalue weighted by Gasteiger charge is -2.45. The summed E-state index contributed by atoms with van der Waals surface area (Å²) >= 11 is 0. The Labute approximate surface area is 298 Å². The lowest BCUT2D eigenvalue weighted by atomic mass is 9.84. The van der Waals surface area contributed by atoms with Gasteiger partial charge in [-0.15, -0.1) is 0 Å². The Hall–Kier alpha value is -4.73. The highest BCUT2D eigenvalue weighted by Gasteiger charge is 2.48. The van der Waals surface area contributed by atoms with Gasteiger partial charge >= 0.3 is 6.09 Å². The van der Waals surface area contributed by atoms with E-state index in [-0.39, 0.29) is 48.3 Å². The number of halogens is 4. The maximum atomic E-state index is 15.5. The molecule has 1 saturated heterocycles. The van der Waals surface area contributed by atoms with E-state index in [1.807, 2.05) is 0 Å². The molecule has 52 heavy (non-hydrogen) atoms. The first-order valence-corrected chi connectivity index (χ1v) is 18.2. The Morgan fingerprint density at radius 1 is 1.02 bits per heavy atom. The second-order valence-electron chi connectivity index (χ2n) is 14.0. The molecule has 4 atom stereocenters. The number of anilines is 1. The van der Waals surface area contributed by atoms with E-state index in [0.29, 0.717) is 18.9 Å². The molecule has 2 heterocycles. The number of pyridine rings is 1. The summed E-state index contributed by atoms with van der Waals surface area (Å²) < 4.78 is 92.3. The second-order valence-corrected chi connectivity index (χ2v) is 16.1. The molecule has 0 radical (unpaired) electrons. The Balaban J connectivity index is 1.45. The predicted octanol–water partition coefficient (Wildman–Crippen LogP) is 6.82. The third kappa shape index (κ3) is 9.00. The first-order valence-electron chi connectivity index (χ1n) is 16.7. The average molecular weight is 746 g/mol. The van der Waals surface area contributed by atoms with Crippen molar-refractivity contribution in [2.45, 2.75) is 88.3 Å². The van der Waals surface area contributed by atoms with Crippen molar-refractivity contribution in [3.63, 3.8) is 0 Å². The monoisotopic (exact) mass is 745 g/mol. The van der Waals surface area contributed by atoms with E-state index < -0.39 is 80.2 Å². The Morgan fingerprint density at radius 3 is 2.27 bits per heavy atom. The van der Waals surface area contributed by atoms with Gasteiger partial charge in [0, 0.05) is 47.6 Å². The molecule has 1 saturated carbocycles. The first kappa shape index (κ1) is 38.5. The third-order valence-electron chi connectivity index (χ3n) is 8.83. The normalized spacial score (nSPS) is 19.3. The minimum Gasteiger partial charge on any atom is -0.444 e. The number of amides is 2. The predicted molar refractivity (Wildman–Crippen MR) is 184 cm³/mol. The number of carbonyl (C=O) groups excluding carboxylic acids is 2. The number of ether oxygens (including phenoxy) is 1. The second kappa shape index (κ2) is 15.5. The number of carbonyl (C=O) groups is 2. The number of nitrogens with zero attached hydrogens (tertiary/aromatic N) is 6. The molecule has 2 aromatic carbocycles. The van der Waals surface area contributed by atoms with Crippen LogP contribution in [-0.4, -0.2) is 76.7 Å². The fraction of sp³-hybridized carbons (Fsp3) is 0.457. The van der Waals surface area contributed by atoms with Gasteiger partial charge in [-0.3, -0.25) is 9.78 Å². The molecule has 0 spiro atoms. The highest BCUT2D eigenvalue weighted by molar-refractivity contribution is 7.90. The molecule has 17 heteroatoms. The zero-order valence-electron chi connectivity index (χ0n) is 29.0. The van der Waals surface area contributed by atoms with Crippen LogP contribution in [0, 0.1) is 23.3 Å². The van der Waals surface area contributed by atoms with E-state index in [9.17, 15) is 36.7 Å². The van der Waals surface area contributed by atoms with Crippen LogP contribution >= 0.6 is 0 Å². The summed E-state index contributed by atoms with van der Waals surface area (Å²) in [4.78, 5) is 35.0. The molecule has 2 aliphatic rings. The van der Waals surface area contributed by atoms with Crippen LogP contribution in [0.2, 0.25) is 0 Å². The van der Waals surface area contributed by atoms with E-state index in [1.165, 1.54) is 21.3 Å². The standard InChI is InChI=1S/C35H39F4N7O5S/c1-20-18-45(34(48)51-35(2,3)4)19-26(46(20)52(49,50)27-10-11-27)9-12-28-29(39)16-41-17-30(28)42-33(47)32(43-44-40)31(21-5-7-23(36)8-6-21)22-13-24(37)15-25(38)14-22/h5-8,13-17,20,26-27,31-32H,9-12,18-19H2,1-4H3,(H,42,47)/t20-,26+,31+,32+/m1/s1. The van der Waals surface area contributed by atoms with E-state index in [2.05, 4.69) is 20.3 Å². The fourth-order valence-electron chi connectivity index (χ4n) is 6.51. The third-order valence-corrected chi connectivity index (χ3v) is 11.4. The van der Waals surface area contributed by atoms with Crippen molar-refractivity contribution in [2.24, 2.45) is 5.11 Å². The highest BCUT2D eigenvalue weighted by Crippen LogP contribution is 2.37. The van der Waals surface area contributed by atoms with Gasteiger partial charge < -0.3 is 15.0 Å². The molecule has 0 unspecified atom stereocenters. The smallest absolute Gasteiger partial charge is 0.410 e. The lowest BCUT2D eigenvalue weighted by Crippen LogP contribution is -2.61. The quantitative estimate of drug-likeness (QED) is 0.0982. The van der Waals surface area contributed by atoms with Gasteiger partial charge in [0.05, 0.1) is 23.3 Å². The van der Waals surface area contributed by atoms with Crippen molar-refractivity contribution >= 4 is 27.7 Å². The highest BCUT2D eigenvalue weighted by atomic mass is 32.2. The Morgan fingerprint density at radius 2 is 1.67 bits per heavy atom. The molecule has 1 aliphatic carbocycles. The fourth-order valence-corrected chi connectivity index (χ4v) is 8.74. The molecule has 1 N–H and O–H groups in total. The van der Waals surface area contributed by atoms with Gasteiger partial charge in [0.25, 0.3) is 0 Å². The number of piperazine rings is 1. The van der Waals surface area contributed by atoms with E-state index >= 15 is 4.39 Å². The largest absolute Gasteiger partial charge is 0.444 e. The lowest BCUT2D eigenvalue weighted by molar-refractivity contribution is -0.117. The van der Waals surface area contributed by atoms with Crippen LogP contribution in [-0.2, 0) is 26.0 Å². The van der Waals surface area contributed by atoms with Crippen LogP contribution < -0.4 is 5.32 Å². The summed E-state index contributed by atoms with van der Waals surface area (Å²) in [6, 6.07) is 4.11. The maximum absolute atomic E-state index is 15.5. The topological polar surface area (TPSA) is 158 Å². The van der Waals surface area contributed by atoms with E-state index in [0.717, 1.165) is 36.7 Å². The molecule has 2 amide bonds. The van der Waals surface area contributed by atoms with Gasteiger partial charge in [0.2, 0.25) is 15.9 Å². The van der Waals surface area contributed by atoms with E-state index in [1.54, 1.807) is 27.7 Å². The van der Waals surface area contributed by atoms with Crippen molar-refractivity contribution in [1.82, 2.24) is 14.2 Å². The molecule has 1 aliphatic heterocycles. The van der Waals surface area contributed by atoms with Crippen molar-refractivity contribution in [1.29, 1.82) is 0 Å². The molecule has 0 bridgehead atoms. The zero-order chi connectivity index (χ0) is 38.0. The molecule has 1 aromatic heterocycles. The van der Waals surface area contributed by atoms with Gasteiger partial charge in [-0.05, 0) is 94.3 Å². The number of sulfonamides is 1. The molecular formula is C35H39F4N7O5S. The summed E-state index contributed by atoms with van der Waals surface area (Å²) in [5, 5.41) is 5.62. The van der Waals surface area contributed by atoms with Crippen LogP contribution in [0.1, 0.15) is 69.6 Å². The maximum Gasteiger partial charge on any atom is 0.410 e. The molecule has 5 rings (SSSR count). The summed E-state index contributed by atoms with van der Waals surface area (Å²) in [5.41, 5.74) is 8.58. The summed E-state index contributed by atoms with van der Waals surface area (Å²) in [6.45, 7) is 6.90. The summed E-state index contributed by atoms with van der Waals surface area (Å²) in [5.74, 6) is -5.71. The molecular weight excluding hydrogens is 706 g/mol. The van der Waals surface area contributed by atoms with Crippen LogP contribution in [0.3, 0.4) is 0 Å². The van der Waals surface area contributed by atoms with Crippen LogP contribution in [0.25, 0.3) is 10.4 Å². The SMILES string of the molecule is C[C@@H]1CN(C(=O)OC(C)(C)C)C[C@H](CCc2c(F)cncc2NC(=O)[C@@H](N=[N+]=[N-])[C@@H](c2ccc(F)cc2)c2cc(F)cc(F)c2)N1S(=O)(=O)C1CC1. The number of rotatable bonds is 11. The van der Waals surface area contributed by atoms with Crippen molar-refractivity contribution < 1.29 is 40.3 Å². The summed E-state index contributed by atoms with van der Waals surface area (Å²) in [7, 11) is -3.75. The van der Waals surface area contributed by atoms with Gasteiger partial charge in [0.1, 0.15) is 34.9 Å². The van der Waals surface area contributed by atoms with E-state index in [4.69, 9.17) is 4.74 Å². The molecule has 278 valence electrons. The number of benzene rings is 2. The number of azide groups is 1. The summed E-state index contributed by atoms with van der Waals surface area (Å²) in [6.07, 6.45) is 2.39.